The zero-order valence-corrected chi connectivity index (χ0v) is 21.7. The minimum Gasteiger partial charge on any atom is -0.378 e. The molecule has 1 saturated heterocycles. The van der Waals surface area contributed by atoms with Crippen molar-refractivity contribution in [2.75, 3.05) is 13.6 Å². The Labute approximate surface area is 225 Å². The van der Waals surface area contributed by atoms with Gasteiger partial charge in [-0.25, -0.2) is 8.78 Å². The minimum atomic E-state index is -1.89. The van der Waals surface area contributed by atoms with Crippen LogP contribution >= 0.6 is 0 Å². The van der Waals surface area contributed by atoms with Crippen molar-refractivity contribution in [3.63, 3.8) is 0 Å². The number of amides is 3. The predicted molar refractivity (Wildman–Crippen MR) is 141 cm³/mol. The lowest BCUT2D eigenvalue weighted by Crippen LogP contribution is -2.54. The normalized spacial score (nSPS) is 21.0. The number of hydrogen-bond acceptors (Lipinski definition) is 4. The molecule has 5 atom stereocenters. The molecule has 0 aromatic heterocycles. The van der Waals surface area contributed by atoms with E-state index in [1.165, 1.54) is 6.92 Å². The highest BCUT2D eigenvalue weighted by Crippen LogP contribution is 2.36. The fourth-order valence-electron chi connectivity index (χ4n) is 5.03. The lowest BCUT2D eigenvalue weighted by molar-refractivity contribution is -0.137. The molecule has 0 radical (unpaired) electrons. The maximum Gasteiger partial charge on any atom is 0.254 e. The molecule has 0 saturated carbocycles. The Morgan fingerprint density at radius 1 is 0.923 bits per heavy atom. The van der Waals surface area contributed by atoms with Gasteiger partial charge in [0.25, 0.3) is 5.91 Å². The molecule has 0 bridgehead atoms. The Balaban J connectivity index is 1.53. The summed E-state index contributed by atoms with van der Waals surface area (Å²) in [5.41, 5.74) is 1.70. The van der Waals surface area contributed by atoms with Gasteiger partial charge < -0.3 is 20.6 Å². The van der Waals surface area contributed by atoms with Gasteiger partial charge in [-0.2, -0.15) is 0 Å². The van der Waals surface area contributed by atoms with Crippen LogP contribution in [0.25, 0.3) is 0 Å². The Morgan fingerprint density at radius 3 is 2.08 bits per heavy atom. The van der Waals surface area contributed by atoms with Crippen LogP contribution in [0.5, 0.6) is 0 Å². The van der Waals surface area contributed by atoms with Crippen LogP contribution in [-0.2, 0) is 14.4 Å². The minimum absolute atomic E-state index is 0.0335. The van der Waals surface area contributed by atoms with Gasteiger partial charge in [-0.3, -0.25) is 14.4 Å². The Kier molecular flexibility index (Phi) is 8.71. The summed E-state index contributed by atoms with van der Waals surface area (Å²) in [5, 5.41) is 15.5. The van der Waals surface area contributed by atoms with Gasteiger partial charge in [-0.1, -0.05) is 60.7 Å². The molecule has 0 unspecified atom stereocenters. The van der Waals surface area contributed by atoms with Gasteiger partial charge in [0.15, 0.2) is 6.10 Å². The third kappa shape index (κ3) is 6.67. The summed E-state index contributed by atoms with van der Waals surface area (Å²) in [6, 6.07) is 19.6. The molecule has 3 N–H and O–H groups in total. The number of nitrogens with zero attached hydrogens (tertiary/aromatic N) is 1. The van der Waals surface area contributed by atoms with Gasteiger partial charge >= 0.3 is 0 Å². The van der Waals surface area contributed by atoms with E-state index in [0.717, 1.165) is 23.3 Å². The second-order valence-corrected chi connectivity index (χ2v) is 9.90. The fraction of sp³-hybridized carbons (Fsp3) is 0.300. The van der Waals surface area contributed by atoms with Crippen LogP contribution in [0, 0.1) is 11.6 Å². The van der Waals surface area contributed by atoms with E-state index in [1.54, 1.807) is 11.9 Å². The van der Waals surface area contributed by atoms with Crippen LogP contribution in [0.15, 0.2) is 78.9 Å². The van der Waals surface area contributed by atoms with E-state index in [0.29, 0.717) is 19.0 Å². The largest absolute Gasteiger partial charge is 0.378 e. The first-order chi connectivity index (χ1) is 18.6. The molecule has 0 spiro atoms. The molecule has 3 aromatic carbocycles. The van der Waals surface area contributed by atoms with E-state index in [-0.39, 0.29) is 23.3 Å². The van der Waals surface area contributed by atoms with Crippen molar-refractivity contribution in [2.45, 2.75) is 43.4 Å². The Hall–Kier alpha value is -4.11. The van der Waals surface area contributed by atoms with Crippen molar-refractivity contribution >= 4 is 17.7 Å². The summed E-state index contributed by atoms with van der Waals surface area (Å²) in [5.74, 6) is -4.10. The van der Waals surface area contributed by atoms with Crippen molar-refractivity contribution < 1.29 is 28.3 Å². The number of likely N-dealkylation sites (N-methyl/N-ethyl adjacent to an activating group) is 1. The number of carbonyl (C=O) groups excluding carboxylic acids is 3. The lowest BCUT2D eigenvalue weighted by atomic mass is 9.82. The molecular formula is C30H31F2N3O4. The first kappa shape index (κ1) is 27.9. The predicted octanol–water partition coefficient (Wildman–Crippen LogP) is 3.42. The molecule has 1 aliphatic heterocycles. The first-order valence-corrected chi connectivity index (χ1v) is 12.7. The summed E-state index contributed by atoms with van der Waals surface area (Å²) in [7, 11) is 1.70. The average molecular weight is 536 g/mol. The zero-order valence-electron chi connectivity index (χ0n) is 21.7. The summed E-state index contributed by atoms with van der Waals surface area (Å²) < 4.78 is 27.1. The monoisotopic (exact) mass is 535 g/mol. The maximum atomic E-state index is 13.6. The third-order valence-electron chi connectivity index (χ3n) is 7.07. The Bertz CT molecular complexity index is 1300. The number of likely N-dealkylation sites (tertiary alicyclic amines) is 1. The van der Waals surface area contributed by atoms with E-state index in [1.807, 2.05) is 60.7 Å². The molecular weight excluding hydrogens is 504 g/mol. The van der Waals surface area contributed by atoms with E-state index in [2.05, 4.69) is 10.6 Å². The van der Waals surface area contributed by atoms with Crippen LogP contribution < -0.4 is 10.6 Å². The van der Waals surface area contributed by atoms with Crippen LogP contribution in [0.2, 0.25) is 0 Å². The second-order valence-electron chi connectivity index (χ2n) is 9.90. The average Bonchev–Trinajstić information content (AvgIpc) is 3.05. The number of carbonyl (C=O) groups is 3. The van der Waals surface area contributed by atoms with Crippen LogP contribution in [0.4, 0.5) is 8.78 Å². The number of rotatable bonds is 7. The molecule has 3 amide bonds. The van der Waals surface area contributed by atoms with Gasteiger partial charge in [0.2, 0.25) is 11.8 Å². The standard InChI is InChI=1S/C30H31F2N3O4/c1-18(33-29(38)27(36)21-13-23(31)16-24(32)14-21)28(37)34-26-25(20-11-7-4-8-12-20)15-22(17-35(2)30(26)39)19-9-5-3-6-10-19/h3-14,16,18,22,25-27,36H,15,17H2,1-2H3,(H,33,38)(H,34,37)/t18-,22-,25+,26-,27+/m0/s1. The highest BCUT2D eigenvalue weighted by atomic mass is 19.1. The van der Waals surface area contributed by atoms with E-state index in [9.17, 15) is 28.3 Å². The van der Waals surface area contributed by atoms with Crippen LogP contribution in [0.1, 0.15) is 48.0 Å². The second kappa shape index (κ2) is 12.2. The molecule has 4 rings (SSSR count). The van der Waals surface area contributed by atoms with Crippen molar-refractivity contribution in [1.82, 2.24) is 15.5 Å². The molecule has 3 aromatic rings. The number of halogens is 2. The van der Waals surface area contributed by atoms with Crippen LogP contribution in [-0.4, -0.2) is 53.4 Å². The number of aliphatic hydroxyl groups is 1. The SMILES string of the molecule is C[C@H](NC(=O)[C@H](O)c1cc(F)cc(F)c1)C(=O)N[C@@H]1C(=O)N(C)C[C@@H](c2ccccc2)C[C@@H]1c1ccccc1. The van der Waals surface area contributed by atoms with Gasteiger partial charge in [0.05, 0.1) is 0 Å². The molecule has 204 valence electrons. The number of nitrogens with one attached hydrogen (secondary N) is 2. The quantitative estimate of drug-likeness (QED) is 0.432. The topological polar surface area (TPSA) is 98.7 Å². The summed E-state index contributed by atoms with van der Waals surface area (Å²) in [4.78, 5) is 40.9. The number of benzene rings is 3. The zero-order chi connectivity index (χ0) is 28.1. The molecule has 0 aliphatic carbocycles. The highest BCUT2D eigenvalue weighted by molar-refractivity contribution is 5.93. The maximum absolute atomic E-state index is 13.6. The summed E-state index contributed by atoms with van der Waals surface area (Å²) >= 11 is 0. The van der Waals surface area contributed by atoms with Gasteiger partial charge in [-0.15, -0.1) is 0 Å². The Morgan fingerprint density at radius 2 is 1.49 bits per heavy atom. The molecule has 9 heteroatoms. The lowest BCUT2D eigenvalue weighted by Gasteiger charge is -2.29. The van der Waals surface area contributed by atoms with Crippen molar-refractivity contribution in [3.8, 4) is 0 Å². The van der Waals surface area contributed by atoms with Crippen molar-refractivity contribution in [1.29, 1.82) is 0 Å². The number of aliphatic hydroxyl groups excluding tert-OH is 1. The van der Waals surface area contributed by atoms with E-state index < -0.39 is 41.6 Å². The highest BCUT2D eigenvalue weighted by Gasteiger charge is 2.39. The number of hydrogen-bond donors (Lipinski definition) is 3. The first-order valence-electron chi connectivity index (χ1n) is 12.7. The third-order valence-corrected chi connectivity index (χ3v) is 7.07. The van der Waals surface area contributed by atoms with Crippen molar-refractivity contribution in [2.24, 2.45) is 0 Å². The molecule has 7 nitrogen and oxygen atoms in total. The summed E-state index contributed by atoms with van der Waals surface area (Å²) in [6.07, 6.45) is -1.29. The van der Waals surface area contributed by atoms with Crippen LogP contribution in [0.3, 0.4) is 0 Å². The van der Waals surface area contributed by atoms with E-state index >= 15 is 0 Å². The fourth-order valence-corrected chi connectivity index (χ4v) is 5.03. The van der Waals surface area contributed by atoms with Gasteiger partial charge in [0, 0.05) is 31.5 Å². The smallest absolute Gasteiger partial charge is 0.254 e. The van der Waals surface area contributed by atoms with Gasteiger partial charge in [-0.05, 0) is 42.2 Å². The van der Waals surface area contributed by atoms with Gasteiger partial charge in [0.1, 0.15) is 23.7 Å². The molecule has 1 fully saturated rings. The summed E-state index contributed by atoms with van der Waals surface area (Å²) in [6.45, 7) is 1.88. The molecule has 1 aliphatic rings. The van der Waals surface area contributed by atoms with E-state index in [4.69, 9.17) is 0 Å². The van der Waals surface area contributed by atoms with Crippen molar-refractivity contribution in [3.05, 3.63) is 107 Å². The molecule has 39 heavy (non-hydrogen) atoms. The molecule has 1 heterocycles.